The zero-order chi connectivity index (χ0) is 10.8. The van der Waals surface area contributed by atoms with E-state index < -0.39 is 5.97 Å². The molecule has 0 radical (unpaired) electrons. The predicted octanol–water partition coefficient (Wildman–Crippen LogP) is 1.75. The van der Waals surface area contributed by atoms with Crippen molar-refractivity contribution in [3.8, 4) is 0 Å². The molecule has 0 saturated heterocycles. The summed E-state index contributed by atoms with van der Waals surface area (Å²) < 4.78 is 4.82. The van der Waals surface area contributed by atoms with Crippen LogP contribution in [0.4, 0.5) is 0 Å². The van der Waals surface area contributed by atoms with Gasteiger partial charge >= 0.3 is 5.97 Å². The van der Waals surface area contributed by atoms with Gasteiger partial charge in [0.25, 0.3) is 5.82 Å². The van der Waals surface area contributed by atoms with E-state index in [1.54, 1.807) is 0 Å². The molecule has 1 aromatic heterocycles. The first-order valence-electron chi connectivity index (χ1n) is 4.50. The lowest BCUT2D eigenvalue weighted by Crippen LogP contribution is -2.13. The van der Waals surface area contributed by atoms with E-state index >= 15 is 0 Å². The summed E-state index contributed by atoms with van der Waals surface area (Å²) >= 11 is 0. The normalized spacial score (nSPS) is 11.6. The minimum Gasteiger partial charge on any atom is -0.475 e. The molecule has 1 heterocycles. The fraction of sp³-hybridized carbons (Fsp3) is 0.667. The zero-order valence-electron chi connectivity index (χ0n) is 8.57. The molecule has 0 amide bonds. The van der Waals surface area contributed by atoms with Gasteiger partial charge in [0.2, 0.25) is 5.89 Å². The fourth-order valence-corrected chi connectivity index (χ4v) is 0.948. The summed E-state index contributed by atoms with van der Waals surface area (Å²) in [5.74, 6) is -1.05. The molecule has 5 nitrogen and oxygen atoms in total. The SMILES string of the molecule is CCC(C)(C)Cc1nc(C(=O)O)no1. The van der Waals surface area contributed by atoms with Crippen molar-refractivity contribution < 1.29 is 14.4 Å². The van der Waals surface area contributed by atoms with Crippen LogP contribution in [0.5, 0.6) is 0 Å². The second-order valence-electron chi connectivity index (χ2n) is 4.01. The summed E-state index contributed by atoms with van der Waals surface area (Å²) in [5, 5.41) is 11.9. The van der Waals surface area contributed by atoms with Gasteiger partial charge in [0, 0.05) is 6.42 Å². The molecule has 0 aromatic carbocycles. The van der Waals surface area contributed by atoms with Crippen molar-refractivity contribution >= 4 is 5.97 Å². The van der Waals surface area contributed by atoms with E-state index in [-0.39, 0.29) is 11.2 Å². The topological polar surface area (TPSA) is 76.2 Å². The number of nitrogens with zero attached hydrogens (tertiary/aromatic N) is 2. The lowest BCUT2D eigenvalue weighted by atomic mass is 9.87. The highest BCUT2D eigenvalue weighted by Crippen LogP contribution is 2.24. The Morgan fingerprint density at radius 1 is 1.57 bits per heavy atom. The van der Waals surface area contributed by atoms with Crippen LogP contribution in [-0.2, 0) is 6.42 Å². The Balaban J connectivity index is 2.73. The maximum absolute atomic E-state index is 10.5. The number of aromatic nitrogens is 2. The second kappa shape index (κ2) is 3.77. The monoisotopic (exact) mass is 198 g/mol. The molecule has 0 aliphatic carbocycles. The molecule has 1 aromatic rings. The first-order valence-corrected chi connectivity index (χ1v) is 4.50. The molecule has 0 spiro atoms. The Kier molecular flexibility index (Phi) is 2.88. The van der Waals surface area contributed by atoms with Crippen molar-refractivity contribution in [2.24, 2.45) is 5.41 Å². The summed E-state index contributed by atoms with van der Waals surface area (Å²) in [7, 11) is 0. The lowest BCUT2D eigenvalue weighted by molar-refractivity contribution is 0.0680. The molecule has 1 N–H and O–H groups in total. The van der Waals surface area contributed by atoms with Crippen LogP contribution in [0.1, 0.15) is 43.7 Å². The van der Waals surface area contributed by atoms with Gasteiger partial charge < -0.3 is 9.63 Å². The quantitative estimate of drug-likeness (QED) is 0.797. The largest absolute Gasteiger partial charge is 0.475 e. The highest BCUT2D eigenvalue weighted by Gasteiger charge is 2.21. The van der Waals surface area contributed by atoms with Gasteiger partial charge in [-0.2, -0.15) is 4.98 Å². The van der Waals surface area contributed by atoms with E-state index in [1.165, 1.54) is 0 Å². The van der Waals surface area contributed by atoms with E-state index in [0.717, 1.165) is 6.42 Å². The van der Waals surface area contributed by atoms with Gasteiger partial charge in [-0.1, -0.05) is 27.2 Å². The summed E-state index contributed by atoms with van der Waals surface area (Å²) in [6.45, 7) is 6.20. The van der Waals surface area contributed by atoms with Crippen molar-refractivity contribution in [1.82, 2.24) is 10.1 Å². The second-order valence-corrected chi connectivity index (χ2v) is 4.01. The molecular weight excluding hydrogens is 184 g/mol. The van der Waals surface area contributed by atoms with Crippen LogP contribution in [0.3, 0.4) is 0 Å². The van der Waals surface area contributed by atoms with E-state index in [9.17, 15) is 4.79 Å². The number of carboxylic acids is 1. The first kappa shape index (κ1) is 10.7. The lowest BCUT2D eigenvalue weighted by Gasteiger charge is -2.19. The third kappa shape index (κ3) is 2.55. The Morgan fingerprint density at radius 2 is 2.21 bits per heavy atom. The van der Waals surface area contributed by atoms with Crippen LogP contribution in [0, 0.1) is 5.41 Å². The molecule has 0 aliphatic heterocycles. The number of carboxylic acid groups (broad SMARTS) is 1. The standard InChI is InChI=1S/C9H14N2O3/c1-4-9(2,3)5-6-10-7(8(12)13)11-14-6/h4-5H2,1-3H3,(H,12,13). The Bertz CT molecular complexity index is 331. The van der Waals surface area contributed by atoms with Crippen LogP contribution in [0.2, 0.25) is 0 Å². The van der Waals surface area contributed by atoms with Gasteiger partial charge in [-0.25, -0.2) is 4.79 Å². The van der Waals surface area contributed by atoms with E-state index in [2.05, 4.69) is 30.9 Å². The molecular formula is C9H14N2O3. The van der Waals surface area contributed by atoms with Crippen molar-refractivity contribution in [2.75, 3.05) is 0 Å². The molecule has 14 heavy (non-hydrogen) atoms. The van der Waals surface area contributed by atoms with Crippen LogP contribution >= 0.6 is 0 Å². The Labute approximate surface area is 82.1 Å². The minimum absolute atomic E-state index is 0.0578. The number of aromatic carboxylic acids is 1. The molecule has 1 rings (SSSR count). The third-order valence-electron chi connectivity index (χ3n) is 2.25. The molecule has 78 valence electrons. The summed E-state index contributed by atoms with van der Waals surface area (Å²) in [6.07, 6.45) is 1.57. The fourth-order valence-electron chi connectivity index (χ4n) is 0.948. The maximum Gasteiger partial charge on any atom is 0.377 e. The predicted molar refractivity (Wildman–Crippen MR) is 49.0 cm³/mol. The van der Waals surface area contributed by atoms with Crippen molar-refractivity contribution in [1.29, 1.82) is 0 Å². The van der Waals surface area contributed by atoms with Gasteiger partial charge in [0.15, 0.2) is 0 Å². The van der Waals surface area contributed by atoms with Gasteiger partial charge in [0.1, 0.15) is 0 Å². The molecule has 5 heteroatoms. The summed E-state index contributed by atoms with van der Waals surface area (Å²) in [5.41, 5.74) is 0.0578. The molecule has 0 saturated carbocycles. The molecule has 0 fully saturated rings. The van der Waals surface area contributed by atoms with E-state index in [1.807, 2.05) is 0 Å². The average Bonchev–Trinajstić information content (AvgIpc) is 2.52. The van der Waals surface area contributed by atoms with Crippen LogP contribution in [0.15, 0.2) is 4.52 Å². The Hall–Kier alpha value is -1.39. The highest BCUT2D eigenvalue weighted by molar-refractivity contribution is 5.82. The summed E-state index contributed by atoms with van der Waals surface area (Å²) in [4.78, 5) is 14.2. The minimum atomic E-state index is -1.16. The molecule has 0 unspecified atom stereocenters. The third-order valence-corrected chi connectivity index (χ3v) is 2.25. The maximum atomic E-state index is 10.5. The van der Waals surface area contributed by atoms with Gasteiger partial charge in [-0.05, 0) is 10.6 Å². The molecule has 0 atom stereocenters. The van der Waals surface area contributed by atoms with Crippen molar-refractivity contribution in [3.63, 3.8) is 0 Å². The van der Waals surface area contributed by atoms with E-state index in [4.69, 9.17) is 9.63 Å². The molecule has 0 bridgehead atoms. The zero-order valence-corrected chi connectivity index (χ0v) is 8.57. The Morgan fingerprint density at radius 3 is 2.64 bits per heavy atom. The summed E-state index contributed by atoms with van der Waals surface area (Å²) in [6, 6.07) is 0. The van der Waals surface area contributed by atoms with Gasteiger partial charge in [0.05, 0.1) is 0 Å². The van der Waals surface area contributed by atoms with Crippen molar-refractivity contribution in [3.05, 3.63) is 11.7 Å². The average molecular weight is 198 g/mol. The van der Waals surface area contributed by atoms with E-state index in [0.29, 0.717) is 12.3 Å². The highest BCUT2D eigenvalue weighted by atomic mass is 16.5. The van der Waals surface area contributed by atoms with Crippen LogP contribution in [-0.4, -0.2) is 21.2 Å². The van der Waals surface area contributed by atoms with Gasteiger partial charge in [-0.3, -0.25) is 0 Å². The van der Waals surface area contributed by atoms with Crippen LogP contribution < -0.4 is 0 Å². The number of carbonyl (C=O) groups is 1. The smallest absolute Gasteiger partial charge is 0.377 e. The number of hydrogen-bond donors (Lipinski definition) is 1. The first-order chi connectivity index (χ1) is 6.44. The van der Waals surface area contributed by atoms with Gasteiger partial charge in [-0.15, -0.1) is 0 Å². The van der Waals surface area contributed by atoms with Crippen molar-refractivity contribution in [2.45, 2.75) is 33.6 Å². The molecule has 0 aliphatic rings. The number of hydrogen-bond acceptors (Lipinski definition) is 4. The number of rotatable bonds is 4. The van der Waals surface area contributed by atoms with Crippen LogP contribution in [0.25, 0.3) is 0 Å².